The lowest BCUT2D eigenvalue weighted by atomic mass is 9.79. The summed E-state index contributed by atoms with van der Waals surface area (Å²) in [6.45, 7) is 35.8. The largest absolute Gasteiger partial charge is 0.383 e. The first-order valence-corrected chi connectivity index (χ1v) is 33.4. The maximum atomic E-state index is 5.58. The Morgan fingerprint density at radius 3 is 0.740 bits per heavy atom. The lowest BCUT2D eigenvalue weighted by Gasteiger charge is -2.38. The fourth-order valence-electron chi connectivity index (χ4n) is 12.0. The van der Waals surface area contributed by atoms with Gasteiger partial charge in [0.15, 0.2) is 0 Å². The summed E-state index contributed by atoms with van der Waals surface area (Å²) >= 11 is 0. The van der Waals surface area contributed by atoms with E-state index in [1.165, 1.54) is 325 Å². The Bertz CT molecular complexity index is 1180. The highest BCUT2D eigenvalue weighted by Crippen LogP contribution is 2.34. The Balaban J connectivity index is 4.12. The molecule has 0 saturated carbocycles. The van der Waals surface area contributed by atoms with E-state index in [1.807, 2.05) is 0 Å². The van der Waals surface area contributed by atoms with Gasteiger partial charge in [-0.2, -0.15) is 0 Å². The van der Waals surface area contributed by atoms with Gasteiger partial charge in [0.2, 0.25) is 0 Å². The van der Waals surface area contributed by atoms with E-state index >= 15 is 0 Å². The minimum absolute atomic E-state index is 0.161. The second kappa shape index (κ2) is 48.1. The quantitative estimate of drug-likeness (QED) is 0.0471. The summed E-state index contributed by atoms with van der Waals surface area (Å²) in [5, 5.41) is 4.22. The third-order valence-corrected chi connectivity index (χ3v) is 16.1. The van der Waals surface area contributed by atoms with Crippen LogP contribution < -0.4 is 11.1 Å². The van der Waals surface area contributed by atoms with Crippen LogP contribution in [0.3, 0.4) is 0 Å². The van der Waals surface area contributed by atoms with Crippen molar-refractivity contribution in [3.63, 3.8) is 0 Å². The standard InChI is InChI=1S/C71H140N2/c1-65(63-69(7,8)9)55-48-50-59-71(61-53-52-58-68(4,5)6,60-51-49-56-66(2)64-70(10,11)12)73-67(3)57-47-45-43-41-39-37-35-33-31-29-27-25-23-21-19-17-15-13-14-16-18-20-22-24-26-28-30-32-34-36-38-40-42-44-46-54-62-72/h73H,1-3,13-64,72H2,4-12H3. The monoisotopic (exact) mass is 1020 g/mol. The van der Waals surface area contributed by atoms with E-state index in [4.69, 9.17) is 12.3 Å². The Hall–Kier alpha value is -1.02. The highest BCUT2D eigenvalue weighted by atomic mass is 15.0. The number of allylic oxidation sites excluding steroid dienone is 3. The Labute approximate surface area is 463 Å². The van der Waals surface area contributed by atoms with Gasteiger partial charge in [-0.05, 0) is 106 Å². The van der Waals surface area contributed by atoms with Crippen molar-refractivity contribution in [1.29, 1.82) is 0 Å². The summed E-state index contributed by atoms with van der Waals surface area (Å²) in [7, 11) is 0. The summed E-state index contributed by atoms with van der Waals surface area (Å²) in [4.78, 5) is 0. The zero-order chi connectivity index (χ0) is 54.2. The van der Waals surface area contributed by atoms with Gasteiger partial charge >= 0.3 is 0 Å². The van der Waals surface area contributed by atoms with Crippen LogP contribution in [0.2, 0.25) is 0 Å². The zero-order valence-electron chi connectivity index (χ0n) is 52.5. The van der Waals surface area contributed by atoms with Crippen LogP contribution in [0.5, 0.6) is 0 Å². The molecule has 0 radical (unpaired) electrons. The summed E-state index contributed by atoms with van der Waals surface area (Å²) in [5.74, 6) is 0. The molecule has 0 aromatic heterocycles. The Kier molecular flexibility index (Phi) is 47.5. The highest BCUT2D eigenvalue weighted by molar-refractivity contribution is 5.03. The maximum absolute atomic E-state index is 5.58. The topological polar surface area (TPSA) is 38.0 Å². The molecule has 0 aliphatic carbocycles. The van der Waals surface area contributed by atoms with Gasteiger partial charge in [0.1, 0.15) is 0 Å². The number of hydrogen-bond donors (Lipinski definition) is 2. The molecule has 3 N–H and O–H groups in total. The molecule has 0 aromatic carbocycles. The van der Waals surface area contributed by atoms with E-state index in [0.29, 0.717) is 16.2 Å². The van der Waals surface area contributed by atoms with Crippen LogP contribution >= 0.6 is 0 Å². The third-order valence-electron chi connectivity index (χ3n) is 16.1. The second-order valence-electron chi connectivity index (χ2n) is 28.4. The van der Waals surface area contributed by atoms with Crippen LogP contribution in [0, 0.1) is 16.2 Å². The predicted octanol–water partition coefficient (Wildman–Crippen LogP) is 24.9. The van der Waals surface area contributed by atoms with Gasteiger partial charge in [0.25, 0.3) is 0 Å². The molecule has 0 heterocycles. The summed E-state index contributed by atoms with van der Waals surface area (Å²) < 4.78 is 0. The summed E-state index contributed by atoms with van der Waals surface area (Å²) in [6.07, 6.45) is 70.5. The fourth-order valence-corrected chi connectivity index (χ4v) is 12.0. The summed E-state index contributed by atoms with van der Waals surface area (Å²) in [5.41, 5.74) is 11.0. The van der Waals surface area contributed by atoms with Crippen molar-refractivity contribution in [2.75, 3.05) is 6.54 Å². The Morgan fingerprint density at radius 2 is 0.493 bits per heavy atom. The van der Waals surface area contributed by atoms with Crippen molar-refractivity contribution in [1.82, 2.24) is 5.32 Å². The smallest absolute Gasteiger partial charge is 0.0370 e. The van der Waals surface area contributed by atoms with Gasteiger partial charge in [-0.15, -0.1) is 0 Å². The van der Waals surface area contributed by atoms with Crippen LogP contribution in [0.25, 0.3) is 0 Å². The van der Waals surface area contributed by atoms with E-state index in [2.05, 4.69) is 80.8 Å². The summed E-state index contributed by atoms with van der Waals surface area (Å²) in [6, 6.07) is 0. The minimum atomic E-state index is 0.161. The number of hydrogen-bond acceptors (Lipinski definition) is 2. The van der Waals surface area contributed by atoms with Crippen LogP contribution in [0.1, 0.15) is 390 Å². The lowest BCUT2D eigenvalue weighted by molar-refractivity contribution is 0.247. The van der Waals surface area contributed by atoms with Gasteiger partial charge in [0, 0.05) is 11.2 Å². The minimum Gasteiger partial charge on any atom is -0.383 e. The van der Waals surface area contributed by atoms with Crippen molar-refractivity contribution in [3.8, 4) is 0 Å². The Morgan fingerprint density at radius 1 is 0.274 bits per heavy atom. The SMILES string of the molecule is C=C(CCCCC(CCCCC(=C)CC(C)(C)C)(CCCCC(C)(C)C)NC(=C)CCCCCCCCCCCCCCCCCCCCCCCCCCCCCCCCCCCCCCN)CC(C)(C)C. The van der Waals surface area contributed by atoms with Crippen molar-refractivity contribution >= 4 is 0 Å². The van der Waals surface area contributed by atoms with E-state index in [-0.39, 0.29) is 5.54 Å². The fraction of sp³-hybridized carbons (Fsp3) is 0.915. The molecule has 0 aliphatic rings. The molecule has 0 atom stereocenters. The molecule has 0 unspecified atom stereocenters. The molecule has 434 valence electrons. The van der Waals surface area contributed by atoms with Crippen molar-refractivity contribution in [2.24, 2.45) is 22.0 Å². The molecular weight excluding hydrogens is 881 g/mol. The average molecular weight is 1020 g/mol. The lowest BCUT2D eigenvalue weighted by Crippen LogP contribution is -2.44. The second-order valence-corrected chi connectivity index (χ2v) is 28.4. The van der Waals surface area contributed by atoms with Gasteiger partial charge < -0.3 is 11.1 Å². The van der Waals surface area contributed by atoms with E-state index in [9.17, 15) is 0 Å². The number of nitrogens with one attached hydrogen (secondary N) is 1. The van der Waals surface area contributed by atoms with Crippen molar-refractivity contribution in [2.45, 2.75) is 395 Å². The highest BCUT2D eigenvalue weighted by Gasteiger charge is 2.29. The molecule has 0 rings (SSSR count). The number of nitrogens with two attached hydrogens (primary N) is 1. The molecule has 2 heteroatoms. The molecule has 0 amide bonds. The molecule has 0 bridgehead atoms. The molecule has 0 aliphatic heterocycles. The predicted molar refractivity (Wildman–Crippen MR) is 336 cm³/mol. The normalized spacial score (nSPS) is 12.5. The number of unbranched alkanes of at least 4 members (excludes halogenated alkanes) is 38. The molecular formula is C71H140N2. The zero-order valence-corrected chi connectivity index (χ0v) is 52.5. The van der Waals surface area contributed by atoms with Crippen LogP contribution in [-0.4, -0.2) is 12.1 Å². The third kappa shape index (κ3) is 55.5. The molecule has 73 heavy (non-hydrogen) atoms. The first kappa shape index (κ1) is 72.0. The maximum Gasteiger partial charge on any atom is 0.0370 e. The van der Waals surface area contributed by atoms with Gasteiger partial charge in [-0.1, -0.05) is 337 Å². The van der Waals surface area contributed by atoms with Crippen LogP contribution in [0.15, 0.2) is 36.6 Å². The molecule has 0 spiro atoms. The number of rotatable bonds is 56. The first-order valence-electron chi connectivity index (χ1n) is 33.4. The van der Waals surface area contributed by atoms with E-state index < -0.39 is 0 Å². The molecule has 2 nitrogen and oxygen atoms in total. The van der Waals surface area contributed by atoms with Gasteiger partial charge in [-0.3, -0.25) is 0 Å². The molecule has 0 aromatic rings. The molecule has 0 saturated heterocycles. The molecule has 0 fully saturated rings. The van der Waals surface area contributed by atoms with Crippen LogP contribution in [0.4, 0.5) is 0 Å². The van der Waals surface area contributed by atoms with Gasteiger partial charge in [-0.25, -0.2) is 0 Å². The average Bonchev–Trinajstić information content (AvgIpc) is 3.30. The van der Waals surface area contributed by atoms with Crippen molar-refractivity contribution < 1.29 is 0 Å². The van der Waals surface area contributed by atoms with Gasteiger partial charge in [0.05, 0.1) is 0 Å². The van der Waals surface area contributed by atoms with E-state index in [1.54, 1.807) is 0 Å². The van der Waals surface area contributed by atoms with Crippen molar-refractivity contribution in [3.05, 3.63) is 36.6 Å². The van der Waals surface area contributed by atoms with E-state index in [0.717, 1.165) is 25.8 Å². The first-order chi connectivity index (χ1) is 34.9. The van der Waals surface area contributed by atoms with Crippen LogP contribution in [-0.2, 0) is 0 Å².